The lowest BCUT2D eigenvalue weighted by Gasteiger charge is -2.17. The number of ether oxygens (including phenoxy) is 3. The lowest BCUT2D eigenvalue weighted by atomic mass is 9.97. The van der Waals surface area contributed by atoms with Crippen molar-refractivity contribution in [1.29, 1.82) is 0 Å². The molecule has 0 aliphatic carbocycles. The Bertz CT molecular complexity index is 594. The topological polar surface area (TPSA) is 108 Å². The fraction of sp³-hybridized carbons (Fsp3) is 0.286. The minimum atomic E-state index is -0.827. The maximum atomic E-state index is 11.8. The zero-order valence-electron chi connectivity index (χ0n) is 12.1. The largest absolute Gasteiger partial charge is 0.502 e. The molecule has 0 fully saturated rings. The van der Waals surface area contributed by atoms with Crippen LogP contribution in [0.2, 0.25) is 0 Å². The first-order valence-electron chi connectivity index (χ1n) is 6.03. The summed E-state index contributed by atoms with van der Waals surface area (Å²) < 4.78 is 14.8. The van der Waals surface area contributed by atoms with Gasteiger partial charge in [0.2, 0.25) is 11.7 Å². The first kappa shape index (κ1) is 16.4. The van der Waals surface area contributed by atoms with E-state index < -0.39 is 11.9 Å². The van der Waals surface area contributed by atoms with Crippen LogP contribution in [-0.2, 0) is 9.53 Å². The molecule has 3 N–H and O–H groups in total. The average molecular weight is 295 g/mol. The molecule has 1 aromatic carbocycles. The van der Waals surface area contributed by atoms with Crippen LogP contribution >= 0.6 is 0 Å². The van der Waals surface area contributed by atoms with Crippen LogP contribution in [0.1, 0.15) is 22.8 Å². The molecule has 0 atom stereocenters. The number of methoxy groups -OCH3 is 2. The van der Waals surface area contributed by atoms with Crippen LogP contribution in [0.5, 0.6) is 17.2 Å². The molecule has 0 unspecified atom stereocenters. The lowest BCUT2D eigenvalue weighted by Crippen LogP contribution is -2.17. The van der Waals surface area contributed by atoms with Gasteiger partial charge in [0.15, 0.2) is 11.5 Å². The highest BCUT2D eigenvalue weighted by molar-refractivity contribution is 6.20. The average Bonchev–Trinajstić information content (AvgIpc) is 2.45. The summed E-state index contributed by atoms with van der Waals surface area (Å²) in [4.78, 5) is 23.4. The summed E-state index contributed by atoms with van der Waals surface area (Å²) in [7, 11) is 2.57. The molecule has 1 rings (SSSR count). The first-order chi connectivity index (χ1) is 9.88. The van der Waals surface area contributed by atoms with Crippen molar-refractivity contribution in [3.63, 3.8) is 0 Å². The van der Waals surface area contributed by atoms with Gasteiger partial charge in [-0.2, -0.15) is 0 Å². The van der Waals surface area contributed by atoms with E-state index >= 15 is 0 Å². The van der Waals surface area contributed by atoms with E-state index in [1.165, 1.54) is 20.3 Å². The second-order valence-corrected chi connectivity index (χ2v) is 3.95. The van der Waals surface area contributed by atoms with E-state index in [0.717, 1.165) is 0 Å². The smallest absolute Gasteiger partial charge is 0.338 e. The van der Waals surface area contributed by atoms with Gasteiger partial charge in [0.25, 0.3) is 0 Å². The predicted octanol–water partition coefficient (Wildman–Crippen LogP) is 1.08. The lowest BCUT2D eigenvalue weighted by molar-refractivity contribution is -0.136. The second kappa shape index (κ2) is 6.65. The molecule has 7 nitrogen and oxygen atoms in total. The van der Waals surface area contributed by atoms with Gasteiger partial charge in [0, 0.05) is 5.56 Å². The standard InChI is InChI=1S/C14H17NO6/c1-5-21-14(18)7(2)10-8(13(15)17)6-9(19-3)11(16)12(10)20-4/h6,16H,2,5H2,1,3-4H3,(H2,15,17). The summed E-state index contributed by atoms with van der Waals surface area (Å²) in [5, 5.41) is 10.0. The molecule has 0 aliphatic heterocycles. The van der Waals surface area contributed by atoms with E-state index in [4.69, 9.17) is 19.9 Å². The van der Waals surface area contributed by atoms with Crippen LogP contribution in [-0.4, -0.2) is 37.8 Å². The summed E-state index contributed by atoms with van der Waals surface area (Å²) in [5.74, 6) is -2.09. The number of nitrogens with two attached hydrogens (primary N) is 1. The Labute approximate surface area is 121 Å². The second-order valence-electron chi connectivity index (χ2n) is 3.95. The summed E-state index contributed by atoms with van der Waals surface area (Å²) in [5.41, 5.74) is 5.05. The molecule has 1 aromatic rings. The quantitative estimate of drug-likeness (QED) is 0.600. The van der Waals surface area contributed by atoms with Crippen LogP contribution < -0.4 is 15.2 Å². The number of hydrogen-bond donors (Lipinski definition) is 2. The van der Waals surface area contributed by atoms with Crippen LogP contribution in [0.15, 0.2) is 12.6 Å². The van der Waals surface area contributed by atoms with Crippen LogP contribution in [0.4, 0.5) is 0 Å². The van der Waals surface area contributed by atoms with E-state index in [9.17, 15) is 14.7 Å². The molecule has 0 bridgehead atoms. The van der Waals surface area contributed by atoms with Gasteiger partial charge in [-0.3, -0.25) is 4.79 Å². The molecule has 0 radical (unpaired) electrons. The van der Waals surface area contributed by atoms with E-state index in [2.05, 4.69) is 6.58 Å². The maximum Gasteiger partial charge on any atom is 0.338 e. The van der Waals surface area contributed by atoms with Gasteiger partial charge < -0.3 is 25.1 Å². The number of benzene rings is 1. The zero-order valence-corrected chi connectivity index (χ0v) is 12.1. The van der Waals surface area contributed by atoms with Crippen molar-refractivity contribution in [2.75, 3.05) is 20.8 Å². The minimum Gasteiger partial charge on any atom is -0.502 e. The van der Waals surface area contributed by atoms with Crippen molar-refractivity contribution in [3.05, 3.63) is 23.8 Å². The van der Waals surface area contributed by atoms with E-state index in [-0.39, 0.29) is 40.6 Å². The molecule has 114 valence electrons. The third-order valence-electron chi connectivity index (χ3n) is 2.73. The van der Waals surface area contributed by atoms with Gasteiger partial charge in [0.05, 0.1) is 32.0 Å². The number of phenols is 1. The number of amides is 1. The van der Waals surface area contributed by atoms with Gasteiger partial charge in [0.1, 0.15) is 0 Å². The van der Waals surface area contributed by atoms with Crippen molar-refractivity contribution in [1.82, 2.24) is 0 Å². The van der Waals surface area contributed by atoms with Crippen molar-refractivity contribution in [2.24, 2.45) is 5.73 Å². The normalized spacial score (nSPS) is 9.86. The third kappa shape index (κ3) is 3.07. The van der Waals surface area contributed by atoms with Gasteiger partial charge in [-0.1, -0.05) is 6.58 Å². The molecule has 1 amide bonds. The summed E-state index contributed by atoms with van der Waals surface area (Å²) in [6.45, 7) is 5.34. The number of phenolic OH excluding ortho intramolecular Hbond substituents is 1. The van der Waals surface area contributed by atoms with Crippen molar-refractivity contribution >= 4 is 17.4 Å². The van der Waals surface area contributed by atoms with Gasteiger partial charge >= 0.3 is 5.97 Å². The Morgan fingerprint density at radius 1 is 1.33 bits per heavy atom. The molecule has 7 heteroatoms. The van der Waals surface area contributed by atoms with Gasteiger partial charge in [-0.05, 0) is 13.0 Å². The van der Waals surface area contributed by atoms with Gasteiger partial charge in [-0.25, -0.2) is 4.79 Å². The highest BCUT2D eigenvalue weighted by Crippen LogP contribution is 2.43. The Hall–Kier alpha value is -2.70. The maximum absolute atomic E-state index is 11.8. The van der Waals surface area contributed by atoms with E-state index in [1.807, 2.05) is 0 Å². The fourth-order valence-electron chi connectivity index (χ4n) is 1.79. The van der Waals surface area contributed by atoms with Crippen LogP contribution in [0.3, 0.4) is 0 Å². The van der Waals surface area contributed by atoms with Crippen molar-refractivity contribution in [2.45, 2.75) is 6.92 Å². The Morgan fingerprint density at radius 2 is 1.95 bits per heavy atom. The monoisotopic (exact) mass is 295 g/mol. The molecule has 0 aromatic heterocycles. The molecule has 0 heterocycles. The molecule has 0 spiro atoms. The van der Waals surface area contributed by atoms with Crippen molar-refractivity contribution in [3.8, 4) is 17.2 Å². The third-order valence-corrected chi connectivity index (χ3v) is 2.73. The minimum absolute atomic E-state index is 0.0129. The Balaban J connectivity index is 3.61. The number of primary amides is 1. The number of hydrogen-bond acceptors (Lipinski definition) is 6. The number of rotatable bonds is 6. The summed E-state index contributed by atoms with van der Waals surface area (Å²) >= 11 is 0. The summed E-state index contributed by atoms with van der Waals surface area (Å²) in [6.07, 6.45) is 0. The van der Waals surface area contributed by atoms with Crippen LogP contribution in [0.25, 0.3) is 5.57 Å². The number of esters is 1. The summed E-state index contributed by atoms with van der Waals surface area (Å²) in [6, 6.07) is 1.21. The number of carbonyl (C=O) groups is 2. The van der Waals surface area contributed by atoms with Crippen LogP contribution in [0, 0.1) is 0 Å². The first-order valence-corrected chi connectivity index (χ1v) is 6.03. The SMILES string of the molecule is C=C(C(=O)OCC)c1c(C(N)=O)cc(OC)c(O)c1OC. The Kier molecular flexibility index (Phi) is 5.18. The fourth-order valence-corrected chi connectivity index (χ4v) is 1.79. The Morgan fingerprint density at radius 3 is 2.38 bits per heavy atom. The number of carbonyl (C=O) groups excluding carboxylic acids is 2. The molecular weight excluding hydrogens is 278 g/mol. The molecular formula is C14H17NO6. The van der Waals surface area contributed by atoms with Gasteiger partial charge in [-0.15, -0.1) is 0 Å². The van der Waals surface area contributed by atoms with E-state index in [0.29, 0.717) is 0 Å². The molecule has 0 aliphatic rings. The molecule has 21 heavy (non-hydrogen) atoms. The molecule has 0 saturated heterocycles. The highest BCUT2D eigenvalue weighted by Gasteiger charge is 2.27. The predicted molar refractivity (Wildman–Crippen MR) is 75.4 cm³/mol. The highest BCUT2D eigenvalue weighted by atomic mass is 16.5. The van der Waals surface area contributed by atoms with E-state index in [1.54, 1.807) is 6.92 Å². The zero-order chi connectivity index (χ0) is 16.2. The van der Waals surface area contributed by atoms with Crippen molar-refractivity contribution < 1.29 is 28.9 Å². The number of aromatic hydroxyl groups is 1. The molecule has 0 saturated carbocycles.